The zero-order valence-corrected chi connectivity index (χ0v) is 14.8. The van der Waals surface area contributed by atoms with Crippen molar-refractivity contribution in [1.29, 1.82) is 0 Å². The molecule has 0 aromatic rings. The van der Waals surface area contributed by atoms with Crippen LogP contribution in [-0.4, -0.2) is 56.5 Å². The van der Waals surface area contributed by atoms with E-state index < -0.39 is 30.1 Å². The molecule has 1 atom stereocenters. The van der Waals surface area contributed by atoms with E-state index in [9.17, 15) is 19.2 Å². The van der Waals surface area contributed by atoms with Crippen molar-refractivity contribution in [1.82, 2.24) is 5.32 Å². The van der Waals surface area contributed by atoms with Gasteiger partial charge in [-0.25, -0.2) is 4.79 Å². The highest BCUT2D eigenvalue weighted by molar-refractivity contribution is 5.87. The Hall–Kier alpha value is -2.42. The topological polar surface area (TPSA) is 117 Å². The fourth-order valence-electron chi connectivity index (χ4n) is 1.46. The lowest BCUT2D eigenvalue weighted by molar-refractivity contribution is -0.173. The maximum atomic E-state index is 11.5. The van der Waals surface area contributed by atoms with Crippen LogP contribution in [-0.2, 0) is 38.1 Å². The third kappa shape index (κ3) is 12.6. The number of nitrogens with one attached hydrogen (secondary N) is 1. The van der Waals surface area contributed by atoms with Gasteiger partial charge in [0.1, 0.15) is 19.8 Å². The molecule has 9 heteroatoms. The molecule has 0 bridgehead atoms. The van der Waals surface area contributed by atoms with Gasteiger partial charge in [-0.1, -0.05) is 6.58 Å². The Morgan fingerprint density at radius 1 is 1.04 bits per heavy atom. The first-order chi connectivity index (χ1) is 11.8. The SMILES string of the molecule is C=C(C)C(=O)OCCOC(=O)CCC(=O)NCC(=O)OC(C)OCC. The van der Waals surface area contributed by atoms with E-state index in [0.717, 1.165) is 0 Å². The van der Waals surface area contributed by atoms with Crippen molar-refractivity contribution < 1.29 is 38.1 Å². The molecule has 0 aliphatic carbocycles. The second kappa shape index (κ2) is 12.9. The molecule has 1 N–H and O–H groups in total. The number of hydrogen-bond donors (Lipinski definition) is 1. The van der Waals surface area contributed by atoms with Crippen molar-refractivity contribution in [2.75, 3.05) is 26.4 Å². The van der Waals surface area contributed by atoms with Crippen LogP contribution in [0, 0.1) is 0 Å². The average Bonchev–Trinajstić information content (AvgIpc) is 2.54. The summed E-state index contributed by atoms with van der Waals surface area (Å²) in [6, 6.07) is 0. The highest BCUT2D eigenvalue weighted by atomic mass is 16.7. The third-order valence-corrected chi connectivity index (χ3v) is 2.61. The Bertz CT molecular complexity index is 489. The molecule has 0 heterocycles. The molecule has 0 radical (unpaired) electrons. The lowest BCUT2D eigenvalue weighted by Gasteiger charge is -2.13. The minimum Gasteiger partial charge on any atom is -0.462 e. The first-order valence-electron chi connectivity index (χ1n) is 7.82. The standard InChI is InChI=1S/C16H25NO8/c1-5-22-12(4)25-15(20)10-17-13(18)6-7-14(19)23-8-9-24-16(21)11(2)3/h12H,2,5-10H2,1,3-4H3,(H,17,18). The molecular weight excluding hydrogens is 334 g/mol. The summed E-state index contributed by atoms with van der Waals surface area (Å²) in [5.74, 6) is -2.32. The maximum Gasteiger partial charge on any atom is 0.333 e. The third-order valence-electron chi connectivity index (χ3n) is 2.61. The van der Waals surface area contributed by atoms with Crippen molar-refractivity contribution in [3.05, 3.63) is 12.2 Å². The number of esters is 3. The van der Waals surface area contributed by atoms with Crippen LogP contribution in [0.5, 0.6) is 0 Å². The second-order valence-corrected chi connectivity index (χ2v) is 4.93. The van der Waals surface area contributed by atoms with E-state index in [4.69, 9.17) is 18.9 Å². The van der Waals surface area contributed by atoms with E-state index in [0.29, 0.717) is 6.61 Å². The minimum atomic E-state index is -0.691. The van der Waals surface area contributed by atoms with Crippen LogP contribution in [0.25, 0.3) is 0 Å². The molecule has 0 saturated heterocycles. The maximum absolute atomic E-state index is 11.5. The van der Waals surface area contributed by atoms with Crippen molar-refractivity contribution >= 4 is 23.8 Å². The normalized spacial score (nSPS) is 11.2. The molecule has 1 unspecified atom stereocenters. The largest absolute Gasteiger partial charge is 0.462 e. The summed E-state index contributed by atoms with van der Waals surface area (Å²) in [6.45, 7) is 8.11. The molecule has 0 aromatic carbocycles. The fraction of sp³-hybridized carbons (Fsp3) is 0.625. The highest BCUT2D eigenvalue weighted by Crippen LogP contribution is 1.96. The number of carbonyl (C=O) groups is 4. The molecule has 0 spiro atoms. The van der Waals surface area contributed by atoms with Gasteiger partial charge >= 0.3 is 17.9 Å². The van der Waals surface area contributed by atoms with E-state index in [1.165, 1.54) is 6.92 Å². The van der Waals surface area contributed by atoms with Gasteiger partial charge in [0.05, 0.1) is 6.42 Å². The van der Waals surface area contributed by atoms with Gasteiger partial charge in [-0.2, -0.15) is 0 Å². The van der Waals surface area contributed by atoms with Crippen LogP contribution in [0.3, 0.4) is 0 Å². The van der Waals surface area contributed by atoms with Gasteiger partial charge in [0.15, 0.2) is 6.29 Å². The average molecular weight is 359 g/mol. The van der Waals surface area contributed by atoms with Crippen LogP contribution >= 0.6 is 0 Å². The highest BCUT2D eigenvalue weighted by Gasteiger charge is 2.12. The van der Waals surface area contributed by atoms with Crippen molar-refractivity contribution in [2.24, 2.45) is 0 Å². The molecule has 1 amide bonds. The number of ether oxygens (including phenoxy) is 4. The monoisotopic (exact) mass is 359 g/mol. The molecule has 9 nitrogen and oxygen atoms in total. The summed E-state index contributed by atoms with van der Waals surface area (Å²) in [4.78, 5) is 45.4. The lowest BCUT2D eigenvalue weighted by Crippen LogP contribution is -2.32. The molecule has 25 heavy (non-hydrogen) atoms. The summed E-state index contributed by atoms with van der Waals surface area (Å²) < 4.78 is 19.4. The Balaban J connectivity index is 3.77. The quantitative estimate of drug-likeness (QED) is 0.176. The summed E-state index contributed by atoms with van der Waals surface area (Å²) in [6.07, 6.45) is -0.994. The van der Waals surface area contributed by atoms with Crippen molar-refractivity contribution in [3.63, 3.8) is 0 Å². The van der Waals surface area contributed by atoms with Crippen LogP contribution in [0.2, 0.25) is 0 Å². The van der Waals surface area contributed by atoms with Gasteiger partial charge in [0.25, 0.3) is 0 Å². The Kier molecular flexibility index (Phi) is 11.7. The van der Waals surface area contributed by atoms with Crippen molar-refractivity contribution in [2.45, 2.75) is 39.9 Å². The predicted molar refractivity (Wildman–Crippen MR) is 86.2 cm³/mol. The minimum absolute atomic E-state index is 0.0898. The number of amides is 1. The first-order valence-corrected chi connectivity index (χ1v) is 7.82. The van der Waals surface area contributed by atoms with Gasteiger partial charge in [0.2, 0.25) is 5.91 Å². The predicted octanol–water partition coefficient (Wildman–Crippen LogP) is 0.471. The molecular formula is C16H25NO8. The Morgan fingerprint density at radius 2 is 1.68 bits per heavy atom. The first kappa shape index (κ1) is 22.6. The van der Waals surface area contributed by atoms with Gasteiger partial charge in [0, 0.05) is 18.6 Å². The zero-order valence-electron chi connectivity index (χ0n) is 14.8. The van der Waals surface area contributed by atoms with Crippen LogP contribution in [0.4, 0.5) is 0 Å². The smallest absolute Gasteiger partial charge is 0.333 e. The molecule has 0 aliphatic heterocycles. The van der Waals surface area contributed by atoms with E-state index in [1.54, 1.807) is 13.8 Å². The zero-order chi connectivity index (χ0) is 19.2. The Labute approximate surface area is 146 Å². The fourth-order valence-corrected chi connectivity index (χ4v) is 1.46. The molecule has 0 rings (SSSR count). The van der Waals surface area contributed by atoms with Gasteiger partial charge in [-0.15, -0.1) is 0 Å². The summed E-state index contributed by atoms with van der Waals surface area (Å²) in [5.41, 5.74) is 0.247. The Morgan fingerprint density at radius 3 is 2.28 bits per heavy atom. The summed E-state index contributed by atoms with van der Waals surface area (Å²) in [5, 5.41) is 2.32. The number of carbonyl (C=O) groups excluding carboxylic acids is 4. The van der Waals surface area contributed by atoms with Crippen LogP contribution < -0.4 is 5.32 Å². The molecule has 0 fully saturated rings. The number of hydrogen-bond acceptors (Lipinski definition) is 8. The number of rotatable bonds is 12. The van der Waals surface area contributed by atoms with Gasteiger partial charge in [-0.3, -0.25) is 14.4 Å². The van der Waals surface area contributed by atoms with Gasteiger partial charge < -0.3 is 24.3 Å². The molecule has 0 aromatic heterocycles. The lowest BCUT2D eigenvalue weighted by atomic mass is 10.3. The van der Waals surface area contributed by atoms with Crippen LogP contribution in [0.15, 0.2) is 12.2 Å². The van der Waals surface area contributed by atoms with E-state index in [2.05, 4.69) is 11.9 Å². The summed E-state index contributed by atoms with van der Waals surface area (Å²) >= 11 is 0. The second-order valence-electron chi connectivity index (χ2n) is 4.93. The summed E-state index contributed by atoms with van der Waals surface area (Å²) in [7, 11) is 0. The van der Waals surface area contributed by atoms with E-state index in [1.807, 2.05) is 0 Å². The molecule has 0 saturated carbocycles. The van der Waals surface area contributed by atoms with Gasteiger partial charge in [-0.05, 0) is 20.8 Å². The van der Waals surface area contributed by atoms with Crippen LogP contribution in [0.1, 0.15) is 33.6 Å². The molecule has 0 aliphatic rings. The van der Waals surface area contributed by atoms with E-state index >= 15 is 0 Å². The van der Waals surface area contributed by atoms with Crippen molar-refractivity contribution in [3.8, 4) is 0 Å². The van der Waals surface area contributed by atoms with E-state index in [-0.39, 0.29) is 38.2 Å². The molecule has 142 valence electrons.